The van der Waals surface area contributed by atoms with Crippen LogP contribution in [-0.2, 0) is 6.42 Å². The van der Waals surface area contributed by atoms with Crippen molar-refractivity contribution in [3.8, 4) is 5.75 Å². The number of aliphatic hydroxyl groups excluding tert-OH is 1. The lowest BCUT2D eigenvalue weighted by Gasteiger charge is -2.11. The van der Waals surface area contributed by atoms with Gasteiger partial charge in [-0.1, -0.05) is 18.2 Å². The minimum Gasteiger partial charge on any atom is -0.493 e. The average molecular weight is 243 g/mol. The fourth-order valence-electron chi connectivity index (χ4n) is 1.72. The van der Waals surface area contributed by atoms with Crippen LogP contribution in [0.25, 0.3) is 0 Å². The molecule has 94 valence electrons. The lowest BCUT2D eigenvalue weighted by Crippen LogP contribution is -2.14. The quantitative estimate of drug-likeness (QED) is 0.847. The van der Waals surface area contributed by atoms with E-state index in [0.29, 0.717) is 19.4 Å². The van der Waals surface area contributed by atoms with Crippen molar-refractivity contribution in [3.63, 3.8) is 0 Å². The zero-order valence-corrected chi connectivity index (χ0v) is 10.2. The molecule has 18 heavy (non-hydrogen) atoms. The Hall–Kier alpha value is -1.87. The van der Waals surface area contributed by atoms with Crippen LogP contribution in [-0.4, -0.2) is 22.8 Å². The third-order valence-corrected chi connectivity index (χ3v) is 2.68. The topological polar surface area (TPSA) is 42.4 Å². The van der Waals surface area contributed by atoms with E-state index in [1.807, 2.05) is 42.5 Å². The monoisotopic (exact) mass is 243 g/mol. The van der Waals surface area contributed by atoms with Crippen molar-refractivity contribution >= 4 is 0 Å². The highest BCUT2D eigenvalue weighted by molar-refractivity contribution is 5.20. The van der Waals surface area contributed by atoms with Crippen molar-refractivity contribution < 1.29 is 9.84 Å². The Labute approximate surface area is 107 Å². The smallest absolute Gasteiger partial charge is 0.119 e. The van der Waals surface area contributed by atoms with Gasteiger partial charge in [-0.05, 0) is 36.2 Å². The second-order valence-electron chi connectivity index (χ2n) is 4.16. The van der Waals surface area contributed by atoms with Gasteiger partial charge >= 0.3 is 0 Å². The van der Waals surface area contributed by atoms with Gasteiger partial charge in [0.2, 0.25) is 0 Å². The molecule has 1 aromatic heterocycles. The first-order chi connectivity index (χ1) is 8.84. The van der Waals surface area contributed by atoms with Crippen LogP contribution < -0.4 is 4.74 Å². The molecule has 0 radical (unpaired) electrons. The van der Waals surface area contributed by atoms with Crippen molar-refractivity contribution in [1.29, 1.82) is 0 Å². The largest absolute Gasteiger partial charge is 0.493 e. The molecule has 1 atom stereocenters. The SMILES string of the molecule is OC(CCOc1ccccc1)Cc1ccncc1. The van der Waals surface area contributed by atoms with Gasteiger partial charge in [0.25, 0.3) is 0 Å². The molecule has 3 heteroatoms. The normalized spacial score (nSPS) is 12.1. The number of ether oxygens (including phenoxy) is 1. The second-order valence-corrected chi connectivity index (χ2v) is 4.16. The molecule has 1 N–H and O–H groups in total. The summed E-state index contributed by atoms with van der Waals surface area (Å²) < 4.78 is 5.54. The predicted octanol–water partition coefficient (Wildman–Crippen LogP) is 2.45. The van der Waals surface area contributed by atoms with Gasteiger partial charge in [-0.2, -0.15) is 0 Å². The zero-order valence-electron chi connectivity index (χ0n) is 10.2. The van der Waals surface area contributed by atoms with E-state index >= 15 is 0 Å². The number of aromatic nitrogens is 1. The van der Waals surface area contributed by atoms with E-state index in [-0.39, 0.29) is 6.10 Å². The Bertz CT molecular complexity index is 445. The van der Waals surface area contributed by atoms with Gasteiger partial charge in [0.1, 0.15) is 5.75 Å². The highest BCUT2D eigenvalue weighted by Crippen LogP contribution is 2.10. The molecule has 2 aromatic rings. The third-order valence-electron chi connectivity index (χ3n) is 2.68. The summed E-state index contributed by atoms with van der Waals surface area (Å²) in [5.41, 5.74) is 1.09. The summed E-state index contributed by atoms with van der Waals surface area (Å²) >= 11 is 0. The average Bonchev–Trinajstić information content (AvgIpc) is 2.41. The molecule has 0 saturated carbocycles. The Morgan fingerprint density at radius 3 is 2.50 bits per heavy atom. The van der Waals surface area contributed by atoms with Crippen LogP contribution in [0.3, 0.4) is 0 Å². The van der Waals surface area contributed by atoms with Crippen LogP contribution >= 0.6 is 0 Å². The van der Waals surface area contributed by atoms with E-state index in [1.165, 1.54) is 0 Å². The van der Waals surface area contributed by atoms with Gasteiger partial charge in [0, 0.05) is 18.8 Å². The third kappa shape index (κ3) is 4.18. The molecular formula is C15H17NO2. The number of hydrogen-bond acceptors (Lipinski definition) is 3. The molecule has 0 spiro atoms. The lowest BCUT2D eigenvalue weighted by atomic mass is 10.1. The van der Waals surface area contributed by atoms with Crippen LogP contribution in [0.4, 0.5) is 0 Å². The summed E-state index contributed by atoms with van der Waals surface area (Å²) in [6, 6.07) is 13.5. The maximum atomic E-state index is 9.88. The number of hydrogen-bond donors (Lipinski definition) is 1. The van der Waals surface area contributed by atoms with Gasteiger partial charge in [0.15, 0.2) is 0 Å². The van der Waals surface area contributed by atoms with E-state index in [9.17, 15) is 5.11 Å². The van der Waals surface area contributed by atoms with Crippen molar-refractivity contribution in [2.45, 2.75) is 18.9 Å². The number of benzene rings is 1. The number of pyridine rings is 1. The Kier molecular flexibility index (Phi) is 4.73. The summed E-state index contributed by atoms with van der Waals surface area (Å²) in [6.45, 7) is 0.524. The molecular weight excluding hydrogens is 226 g/mol. The first kappa shape index (κ1) is 12.6. The molecule has 0 bridgehead atoms. The Morgan fingerprint density at radius 1 is 1.06 bits per heavy atom. The summed E-state index contributed by atoms with van der Waals surface area (Å²) in [5, 5.41) is 9.88. The van der Waals surface area contributed by atoms with Gasteiger partial charge in [-0.3, -0.25) is 4.98 Å². The maximum absolute atomic E-state index is 9.88. The second kappa shape index (κ2) is 6.77. The molecule has 0 aliphatic heterocycles. The van der Waals surface area contributed by atoms with Crippen LogP contribution in [0.5, 0.6) is 5.75 Å². The molecule has 0 aliphatic rings. The molecule has 0 fully saturated rings. The molecule has 3 nitrogen and oxygen atoms in total. The van der Waals surface area contributed by atoms with Crippen molar-refractivity contribution in [3.05, 3.63) is 60.4 Å². The van der Waals surface area contributed by atoms with E-state index < -0.39 is 0 Å². The minimum absolute atomic E-state index is 0.379. The van der Waals surface area contributed by atoms with Crippen LogP contribution in [0, 0.1) is 0 Å². The molecule has 1 heterocycles. The van der Waals surface area contributed by atoms with E-state index in [4.69, 9.17) is 4.74 Å². The Morgan fingerprint density at radius 2 is 1.78 bits per heavy atom. The lowest BCUT2D eigenvalue weighted by molar-refractivity contribution is 0.139. The van der Waals surface area contributed by atoms with Gasteiger partial charge < -0.3 is 9.84 Å². The fourth-order valence-corrected chi connectivity index (χ4v) is 1.72. The first-order valence-electron chi connectivity index (χ1n) is 6.09. The summed E-state index contributed by atoms with van der Waals surface area (Å²) in [6.07, 6.45) is 4.36. The fraction of sp³-hybridized carbons (Fsp3) is 0.267. The standard InChI is InChI=1S/C15H17NO2/c17-14(12-13-6-9-16-10-7-13)8-11-18-15-4-2-1-3-5-15/h1-7,9-10,14,17H,8,11-12H2. The number of para-hydroxylation sites is 1. The maximum Gasteiger partial charge on any atom is 0.119 e. The van der Waals surface area contributed by atoms with Crippen LogP contribution in [0.1, 0.15) is 12.0 Å². The molecule has 1 aromatic carbocycles. The van der Waals surface area contributed by atoms with Crippen LogP contribution in [0.15, 0.2) is 54.9 Å². The summed E-state index contributed by atoms with van der Waals surface area (Å²) in [5.74, 6) is 0.841. The highest BCUT2D eigenvalue weighted by Gasteiger charge is 2.05. The van der Waals surface area contributed by atoms with Crippen LogP contribution in [0.2, 0.25) is 0 Å². The molecule has 2 rings (SSSR count). The zero-order chi connectivity index (χ0) is 12.6. The first-order valence-corrected chi connectivity index (χ1v) is 6.09. The number of nitrogens with zero attached hydrogens (tertiary/aromatic N) is 1. The van der Waals surface area contributed by atoms with Gasteiger partial charge in [-0.25, -0.2) is 0 Å². The summed E-state index contributed by atoms with van der Waals surface area (Å²) in [4.78, 5) is 3.95. The van der Waals surface area contributed by atoms with Crippen molar-refractivity contribution in [1.82, 2.24) is 4.98 Å². The predicted molar refractivity (Wildman–Crippen MR) is 70.5 cm³/mol. The van der Waals surface area contributed by atoms with Gasteiger partial charge in [-0.15, -0.1) is 0 Å². The molecule has 0 aliphatic carbocycles. The number of rotatable bonds is 6. The van der Waals surface area contributed by atoms with Gasteiger partial charge in [0.05, 0.1) is 12.7 Å². The van der Waals surface area contributed by atoms with E-state index in [1.54, 1.807) is 12.4 Å². The van der Waals surface area contributed by atoms with E-state index in [2.05, 4.69) is 4.98 Å². The summed E-state index contributed by atoms with van der Waals surface area (Å²) in [7, 11) is 0. The molecule has 0 saturated heterocycles. The number of aliphatic hydroxyl groups is 1. The molecule has 0 amide bonds. The van der Waals surface area contributed by atoms with Crippen molar-refractivity contribution in [2.24, 2.45) is 0 Å². The highest BCUT2D eigenvalue weighted by atomic mass is 16.5. The van der Waals surface area contributed by atoms with E-state index in [0.717, 1.165) is 11.3 Å². The minimum atomic E-state index is -0.379. The Balaban J connectivity index is 1.71. The molecule has 1 unspecified atom stereocenters. The van der Waals surface area contributed by atoms with Crippen molar-refractivity contribution in [2.75, 3.05) is 6.61 Å².